The molecule has 0 radical (unpaired) electrons. The summed E-state index contributed by atoms with van der Waals surface area (Å²) in [5, 5.41) is 10.7. The summed E-state index contributed by atoms with van der Waals surface area (Å²) in [5.41, 5.74) is 0. The average molecular weight is 241 g/mol. The number of aliphatic carboxylic acids is 1. The van der Waals surface area contributed by atoms with E-state index in [2.05, 4.69) is 5.32 Å². The number of hydrogen-bond donors (Lipinski definition) is 2. The molecule has 0 saturated carbocycles. The predicted octanol–water partition coefficient (Wildman–Crippen LogP) is 1.70. The maximum Gasteiger partial charge on any atom is 0.389 e. The highest BCUT2D eigenvalue weighted by atomic mass is 19.4. The Hall–Kier alpha value is -1.27. The highest BCUT2D eigenvalue weighted by Gasteiger charge is 2.28. The molecule has 94 valence electrons. The van der Waals surface area contributed by atoms with Crippen LogP contribution < -0.4 is 5.32 Å². The van der Waals surface area contributed by atoms with Gasteiger partial charge in [0, 0.05) is 6.42 Å². The quantitative estimate of drug-likeness (QED) is 0.743. The van der Waals surface area contributed by atoms with Gasteiger partial charge in [0.15, 0.2) is 0 Å². The zero-order chi connectivity index (χ0) is 12.8. The van der Waals surface area contributed by atoms with Gasteiger partial charge in [-0.25, -0.2) is 4.79 Å². The Labute approximate surface area is 90.8 Å². The zero-order valence-electron chi connectivity index (χ0n) is 8.80. The number of nitrogens with one attached hydrogen (secondary N) is 1. The van der Waals surface area contributed by atoms with Crippen molar-refractivity contribution in [2.75, 3.05) is 0 Å². The maximum atomic E-state index is 11.8. The minimum Gasteiger partial charge on any atom is -0.480 e. The van der Waals surface area contributed by atoms with E-state index in [1.807, 2.05) is 0 Å². The molecule has 0 rings (SSSR count). The predicted molar refractivity (Wildman–Crippen MR) is 49.8 cm³/mol. The first-order valence-corrected chi connectivity index (χ1v) is 4.85. The monoisotopic (exact) mass is 241 g/mol. The summed E-state index contributed by atoms with van der Waals surface area (Å²) in [6, 6.07) is -1.11. The number of carbonyl (C=O) groups is 2. The number of hydrogen-bond acceptors (Lipinski definition) is 2. The Kier molecular flexibility index (Phi) is 5.84. The third-order valence-corrected chi connectivity index (χ3v) is 1.85. The Morgan fingerprint density at radius 1 is 1.38 bits per heavy atom. The van der Waals surface area contributed by atoms with Crippen LogP contribution in [0.2, 0.25) is 0 Å². The number of halogens is 3. The second-order valence-electron chi connectivity index (χ2n) is 3.36. The van der Waals surface area contributed by atoms with E-state index in [1.165, 1.54) is 0 Å². The van der Waals surface area contributed by atoms with Crippen molar-refractivity contribution in [2.45, 2.75) is 44.8 Å². The van der Waals surface area contributed by atoms with E-state index >= 15 is 0 Å². The smallest absolute Gasteiger partial charge is 0.389 e. The molecule has 0 aliphatic rings. The third-order valence-electron chi connectivity index (χ3n) is 1.85. The van der Waals surface area contributed by atoms with Crippen LogP contribution in [0, 0.1) is 0 Å². The number of alkyl halides is 3. The molecule has 1 unspecified atom stereocenters. The molecule has 0 aromatic carbocycles. The van der Waals surface area contributed by atoms with Crippen molar-refractivity contribution in [3.63, 3.8) is 0 Å². The number of carboxylic acid groups (broad SMARTS) is 1. The second kappa shape index (κ2) is 6.34. The molecule has 0 spiro atoms. The Bertz CT molecular complexity index is 253. The first kappa shape index (κ1) is 14.7. The van der Waals surface area contributed by atoms with Crippen LogP contribution in [-0.4, -0.2) is 29.2 Å². The van der Waals surface area contributed by atoms with E-state index in [0.717, 1.165) is 0 Å². The van der Waals surface area contributed by atoms with Crippen molar-refractivity contribution in [2.24, 2.45) is 0 Å². The molecule has 7 heteroatoms. The topological polar surface area (TPSA) is 66.4 Å². The summed E-state index contributed by atoms with van der Waals surface area (Å²) in [5.74, 6) is -2.12. The summed E-state index contributed by atoms with van der Waals surface area (Å²) in [6.45, 7) is 1.72. The molecule has 0 aromatic rings. The standard InChI is InChI=1S/C9H14F3NO3/c1-2-3-6(8(15)16)13-7(14)4-5-9(10,11)12/h6H,2-5H2,1H3,(H,13,14)(H,15,16). The Morgan fingerprint density at radius 3 is 2.31 bits per heavy atom. The molecular weight excluding hydrogens is 227 g/mol. The Morgan fingerprint density at radius 2 is 1.94 bits per heavy atom. The normalized spacial score (nSPS) is 13.2. The first-order chi connectivity index (χ1) is 7.26. The van der Waals surface area contributed by atoms with Crippen LogP contribution in [-0.2, 0) is 9.59 Å². The molecule has 2 N–H and O–H groups in total. The zero-order valence-corrected chi connectivity index (χ0v) is 8.80. The van der Waals surface area contributed by atoms with Gasteiger partial charge in [-0.2, -0.15) is 13.2 Å². The third kappa shape index (κ3) is 7.08. The molecule has 0 aromatic heterocycles. The van der Waals surface area contributed by atoms with E-state index in [0.29, 0.717) is 6.42 Å². The molecule has 4 nitrogen and oxygen atoms in total. The van der Waals surface area contributed by atoms with E-state index in [4.69, 9.17) is 5.11 Å². The molecule has 0 saturated heterocycles. The molecule has 16 heavy (non-hydrogen) atoms. The van der Waals surface area contributed by atoms with Gasteiger partial charge in [0.2, 0.25) is 5.91 Å². The van der Waals surface area contributed by atoms with Crippen LogP contribution >= 0.6 is 0 Å². The van der Waals surface area contributed by atoms with Crippen LogP contribution in [0.5, 0.6) is 0 Å². The van der Waals surface area contributed by atoms with Crippen LogP contribution in [0.15, 0.2) is 0 Å². The molecule has 1 atom stereocenters. The van der Waals surface area contributed by atoms with Gasteiger partial charge in [0.25, 0.3) is 0 Å². The number of carboxylic acids is 1. The fraction of sp³-hybridized carbons (Fsp3) is 0.778. The molecular formula is C9H14F3NO3. The molecule has 0 bridgehead atoms. The van der Waals surface area contributed by atoms with Crippen LogP contribution in [0.25, 0.3) is 0 Å². The highest BCUT2D eigenvalue weighted by molar-refractivity contribution is 5.83. The van der Waals surface area contributed by atoms with Crippen molar-refractivity contribution in [1.29, 1.82) is 0 Å². The average Bonchev–Trinajstić information content (AvgIpc) is 2.13. The van der Waals surface area contributed by atoms with Gasteiger partial charge in [-0.15, -0.1) is 0 Å². The SMILES string of the molecule is CCCC(NC(=O)CCC(F)(F)F)C(=O)O. The summed E-state index contributed by atoms with van der Waals surface area (Å²) in [4.78, 5) is 21.6. The van der Waals surface area contributed by atoms with Crippen molar-refractivity contribution in [3.05, 3.63) is 0 Å². The molecule has 0 fully saturated rings. The van der Waals surface area contributed by atoms with Crippen LogP contribution in [0.4, 0.5) is 13.2 Å². The fourth-order valence-corrected chi connectivity index (χ4v) is 1.07. The molecule has 0 aliphatic heterocycles. The van der Waals surface area contributed by atoms with Crippen molar-refractivity contribution >= 4 is 11.9 Å². The minimum absolute atomic E-state index is 0.201. The van der Waals surface area contributed by atoms with Gasteiger partial charge in [0.1, 0.15) is 6.04 Å². The lowest BCUT2D eigenvalue weighted by Crippen LogP contribution is -2.40. The molecule has 0 aliphatic carbocycles. The van der Waals surface area contributed by atoms with Crippen molar-refractivity contribution < 1.29 is 27.9 Å². The molecule has 1 amide bonds. The lowest BCUT2D eigenvalue weighted by Gasteiger charge is -2.13. The first-order valence-electron chi connectivity index (χ1n) is 4.85. The summed E-state index contributed by atoms with van der Waals surface area (Å²) < 4.78 is 35.3. The lowest BCUT2D eigenvalue weighted by molar-refractivity contribution is -0.147. The Balaban J connectivity index is 4.05. The summed E-state index contributed by atoms with van der Waals surface area (Å²) in [7, 11) is 0. The van der Waals surface area contributed by atoms with Gasteiger partial charge in [0.05, 0.1) is 6.42 Å². The lowest BCUT2D eigenvalue weighted by atomic mass is 10.1. The van der Waals surface area contributed by atoms with Gasteiger partial charge in [-0.3, -0.25) is 4.79 Å². The number of amides is 1. The largest absolute Gasteiger partial charge is 0.480 e. The fourth-order valence-electron chi connectivity index (χ4n) is 1.07. The molecule has 0 heterocycles. The van der Waals surface area contributed by atoms with Crippen LogP contribution in [0.1, 0.15) is 32.6 Å². The minimum atomic E-state index is -4.40. The van der Waals surface area contributed by atoms with Crippen LogP contribution in [0.3, 0.4) is 0 Å². The van der Waals surface area contributed by atoms with E-state index < -0.39 is 36.9 Å². The maximum absolute atomic E-state index is 11.8. The van der Waals surface area contributed by atoms with Gasteiger partial charge in [-0.05, 0) is 6.42 Å². The highest BCUT2D eigenvalue weighted by Crippen LogP contribution is 2.21. The number of rotatable bonds is 6. The van der Waals surface area contributed by atoms with E-state index in [-0.39, 0.29) is 6.42 Å². The summed E-state index contributed by atoms with van der Waals surface area (Å²) in [6.07, 6.45) is -5.65. The van der Waals surface area contributed by atoms with E-state index in [1.54, 1.807) is 6.92 Å². The van der Waals surface area contributed by atoms with Gasteiger partial charge >= 0.3 is 12.1 Å². The van der Waals surface area contributed by atoms with E-state index in [9.17, 15) is 22.8 Å². The van der Waals surface area contributed by atoms with Crippen molar-refractivity contribution in [3.8, 4) is 0 Å². The number of carbonyl (C=O) groups excluding carboxylic acids is 1. The van der Waals surface area contributed by atoms with Crippen molar-refractivity contribution in [1.82, 2.24) is 5.32 Å². The second-order valence-corrected chi connectivity index (χ2v) is 3.36. The summed E-state index contributed by atoms with van der Waals surface area (Å²) >= 11 is 0. The van der Waals surface area contributed by atoms with Gasteiger partial charge < -0.3 is 10.4 Å². The van der Waals surface area contributed by atoms with Gasteiger partial charge in [-0.1, -0.05) is 13.3 Å².